The van der Waals surface area contributed by atoms with Crippen molar-refractivity contribution in [3.05, 3.63) is 158 Å². The van der Waals surface area contributed by atoms with Crippen LogP contribution in [0.15, 0.2) is 162 Å². The Hall–Kier alpha value is -6.58. The molecule has 0 amide bonds. The predicted molar refractivity (Wildman–Crippen MR) is 204 cm³/mol. The van der Waals surface area contributed by atoms with Crippen molar-refractivity contribution in [1.82, 2.24) is 9.13 Å². The van der Waals surface area contributed by atoms with Gasteiger partial charge in [0.05, 0.1) is 27.5 Å². The monoisotopic (exact) mass is 622 g/mol. The number of hydrogen-bond acceptors (Lipinski definition) is 1. The summed E-state index contributed by atoms with van der Waals surface area (Å²) in [6, 6.07) is 57.4. The molecule has 3 aromatic heterocycles. The molecule has 226 valence electrons. The van der Waals surface area contributed by atoms with E-state index < -0.39 is 0 Å². The molecule has 1 aliphatic carbocycles. The van der Waals surface area contributed by atoms with Gasteiger partial charge in [0.25, 0.3) is 0 Å². The summed E-state index contributed by atoms with van der Waals surface area (Å²) in [6.45, 7) is 0. The number of para-hydroxylation sites is 3. The van der Waals surface area contributed by atoms with Crippen molar-refractivity contribution in [2.75, 3.05) is 0 Å². The van der Waals surface area contributed by atoms with Crippen LogP contribution in [0.2, 0.25) is 0 Å². The van der Waals surface area contributed by atoms with Crippen LogP contribution in [0.3, 0.4) is 0 Å². The number of aromatic nitrogens is 2. The second-order valence-corrected chi connectivity index (χ2v) is 13.3. The molecule has 0 bridgehead atoms. The molecule has 3 nitrogen and oxygen atoms in total. The van der Waals surface area contributed by atoms with E-state index in [9.17, 15) is 0 Å². The maximum atomic E-state index is 6.77. The second kappa shape index (κ2) is 9.06. The number of benzene rings is 8. The first-order valence-corrected chi connectivity index (χ1v) is 16.9. The minimum absolute atomic E-state index is 0.911. The Bertz CT molecular complexity index is 3210. The summed E-state index contributed by atoms with van der Waals surface area (Å²) < 4.78 is 11.6. The normalized spacial score (nSPS) is 12.5. The number of furan rings is 1. The highest BCUT2D eigenvalue weighted by atomic mass is 16.3. The molecular weight excluding hydrogens is 597 g/mol. The fraction of sp³-hybridized carbons (Fsp3) is 0. The van der Waals surface area contributed by atoms with Crippen LogP contribution in [-0.4, -0.2) is 9.13 Å². The van der Waals surface area contributed by atoms with Gasteiger partial charge in [-0.1, -0.05) is 97.1 Å². The van der Waals surface area contributed by atoms with Crippen LogP contribution in [0.1, 0.15) is 0 Å². The van der Waals surface area contributed by atoms with Gasteiger partial charge in [-0.15, -0.1) is 0 Å². The Morgan fingerprint density at radius 1 is 0.347 bits per heavy atom. The zero-order valence-electron chi connectivity index (χ0n) is 26.3. The van der Waals surface area contributed by atoms with Gasteiger partial charge in [-0.3, -0.25) is 0 Å². The third-order valence-corrected chi connectivity index (χ3v) is 10.8. The highest BCUT2D eigenvalue weighted by Gasteiger charge is 2.26. The summed E-state index contributed by atoms with van der Waals surface area (Å²) in [6.07, 6.45) is 0. The van der Waals surface area contributed by atoms with Crippen LogP contribution in [0, 0.1) is 0 Å². The van der Waals surface area contributed by atoms with E-state index in [0.717, 1.165) is 38.5 Å². The molecule has 8 aromatic carbocycles. The van der Waals surface area contributed by atoms with E-state index in [2.05, 4.69) is 167 Å². The van der Waals surface area contributed by atoms with Crippen molar-refractivity contribution in [2.24, 2.45) is 0 Å². The molecule has 1 aliphatic rings. The lowest BCUT2D eigenvalue weighted by Gasteiger charge is -2.12. The van der Waals surface area contributed by atoms with Crippen LogP contribution in [0.5, 0.6) is 0 Å². The first-order valence-electron chi connectivity index (χ1n) is 16.9. The Labute approximate surface area is 280 Å². The van der Waals surface area contributed by atoms with Crippen LogP contribution in [0.25, 0.3) is 110 Å². The standard InChI is InChI=1S/C46H26N2O/c1-2-12-28(13-3-1)47-39-24-23-38-43(44(39)45-40(47)22-21-34-32-16-7-9-20-41(32)49-46(34)45)35-17-6-8-19-37(35)48(38)29-25-27-11-10-18-33-30-14-4-5-15-31(30)36(26-29)42(27)33/h1-26H. The SMILES string of the molecule is c1ccc(-n2c3ccc4c5ccccc5oc4c3c3c4c5ccccc5n(-c5cc6c7c(cccc7c5)-c5ccccc5-6)c4ccc32)cc1. The van der Waals surface area contributed by atoms with Crippen LogP contribution >= 0.6 is 0 Å². The van der Waals surface area contributed by atoms with Crippen LogP contribution in [-0.2, 0) is 0 Å². The van der Waals surface area contributed by atoms with Crippen LogP contribution < -0.4 is 0 Å². The van der Waals surface area contributed by atoms with E-state index >= 15 is 0 Å². The Kier molecular flexibility index (Phi) is 4.72. The Morgan fingerprint density at radius 2 is 1.00 bits per heavy atom. The molecule has 0 aliphatic heterocycles. The molecule has 0 radical (unpaired) electrons. The summed E-state index contributed by atoms with van der Waals surface area (Å²) in [7, 11) is 0. The first kappa shape index (κ1) is 25.5. The van der Waals surface area contributed by atoms with Crippen molar-refractivity contribution in [3.63, 3.8) is 0 Å². The van der Waals surface area contributed by atoms with Gasteiger partial charge < -0.3 is 13.6 Å². The quantitative estimate of drug-likeness (QED) is 0.188. The molecule has 0 saturated heterocycles. The Morgan fingerprint density at radius 3 is 1.88 bits per heavy atom. The fourth-order valence-corrected chi connectivity index (χ4v) is 8.89. The van der Waals surface area contributed by atoms with Crippen molar-refractivity contribution in [3.8, 4) is 33.6 Å². The molecular formula is C46H26N2O. The maximum Gasteiger partial charge on any atom is 0.145 e. The van der Waals surface area contributed by atoms with E-state index in [0.29, 0.717) is 0 Å². The van der Waals surface area contributed by atoms with E-state index in [-0.39, 0.29) is 0 Å². The average Bonchev–Trinajstić information content (AvgIpc) is 3.89. The zero-order chi connectivity index (χ0) is 31.8. The molecule has 0 N–H and O–H groups in total. The summed E-state index contributed by atoms with van der Waals surface area (Å²) in [4.78, 5) is 0. The lowest BCUT2D eigenvalue weighted by atomic mass is 10.0. The lowest BCUT2D eigenvalue weighted by molar-refractivity contribution is 0.673. The summed E-state index contributed by atoms with van der Waals surface area (Å²) >= 11 is 0. The number of hydrogen-bond donors (Lipinski definition) is 0. The van der Waals surface area contributed by atoms with Gasteiger partial charge in [-0.05, 0) is 93.7 Å². The second-order valence-electron chi connectivity index (χ2n) is 13.3. The molecule has 11 aromatic rings. The Balaban J connectivity index is 1.28. The van der Waals surface area contributed by atoms with E-state index in [1.807, 2.05) is 0 Å². The van der Waals surface area contributed by atoms with E-state index in [4.69, 9.17) is 4.42 Å². The molecule has 0 fully saturated rings. The number of fused-ring (bicyclic) bond motifs is 14. The minimum atomic E-state index is 0.911. The third kappa shape index (κ3) is 3.17. The lowest BCUT2D eigenvalue weighted by Crippen LogP contribution is -1.95. The molecule has 49 heavy (non-hydrogen) atoms. The van der Waals surface area contributed by atoms with Gasteiger partial charge in [-0.2, -0.15) is 0 Å². The van der Waals surface area contributed by atoms with Crippen LogP contribution in [0.4, 0.5) is 0 Å². The van der Waals surface area contributed by atoms with Crippen molar-refractivity contribution >= 4 is 76.3 Å². The van der Waals surface area contributed by atoms with Gasteiger partial charge in [-0.25, -0.2) is 0 Å². The minimum Gasteiger partial charge on any atom is -0.455 e. The molecule has 0 atom stereocenters. The summed E-state index contributed by atoms with van der Waals surface area (Å²) in [5.74, 6) is 0. The zero-order valence-corrected chi connectivity index (χ0v) is 26.3. The summed E-state index contributed by atoms with van der Waals surface area (Å²) in [5.41, 5.74) is 14.1. The highest BCUT2D eigenvalue weighted by molar-refractivity contribution is 6.34. The van der Waals surface area contributed by atoms with E-state index in [1.54, 1.807) is 0 Å². The van der Waals surface area contributed by atoms with Gasteiger partial charge in [0.2, 0.25) is 0 Å². The largest absolute Gasteiger partial charge is 0.455 e. The van der Waals surface area contributed by atoms with Crippen molar-refractivity contribution < 1.29 is 4.42 Å². The van der Waals surface area contributed by atoms with Gasteiger partial charge in [0.15, 0.2) is 0 Å². The fourth-order valence-electron chi connectivity index (χ4n) is 8.89. The molecule has 0 spiro atoms. The molecule has 3 heterocycles. The van der Waals surface area contributed by atoms with E-state index in [1.165, 1.54) is 71.4 Å². The molecule has 3 heteroatoms. The average molecular weight is 623 g/mol. The number of nitrogens with zero attached hydrogens (tertiary/aromatic N) is 2. The van der Waals surface area contributed by atoms with Crippen molar-refractivity contribution in [1.29, 1.82) is 0 Å². The van der Waals surface area contributed by atoms with Crippen molar-refractivity contribution in [2.45, 2.75) is 0 Å². The molecule has 0 saturated carbocycles. The number of rotatable bonds is 2. The highest BCUT2D eigenvalue weighted by Crippen LogP contribution is 2.50. The van der Waals surface area contributed by atoms with Gasteiger partial charge in [0.1, 0.15) is 11.2 Å². The molecule has 0 unspecified atom stereocenters. The van der Waals surface area contributed by atoms with Gasteiger partial charge in [0, 0.05) is 38.3 Å². The maximum absolute atomic E-state index is 6.77. The first-order chi connectivity index (χ1) is 24.3. The molecule has 12 rings (SSSR count). The smallest absolute Gasteiger partial charge is 0.145 e. The third-order valence-electron chi connectivity index (χ3n) is 10.8. The topological polar surface area (TPSA) is 23.0 Å². The summed E-state index contributed by atoms with van der Waals surface area (Å²) in [5, 5.41) is 9.73. The predicted octanol–water partition coefficient (Wildman–Crippen LogP) is 12.6. The van der Waals surface area contributed by atoms with Gasteiger partial charge >= 0.3 is 0 Å².